The van der Waals surface area contributed by atoms with Crippen LogP contribution in [-0.2, 0) is 0 Å². The predicted octanol–water partition coefficient (Wildman–Crippen LogP) is 2.19. The molecule has 0 aromatic carbocycles. The molecular weight excluding hydrogens is 283 g/mol. The lowest BCUT2D eigenvalue weighted by atomic mass is 9.96. The van der Waals surface area contributed by atoms with Crippen LogP contribution in [0.5, 0.6) is 0 Å². The standard InChI is InChI=1S/C10H13ClF3N5/c11-7-5-16-9(18-15)17-8(7)19-3-1-6(2-4-19)10(12,13)14/h5-6H,1-4,15H2,(H,16,17,18). The molecule has 1 saturated heterocycles. The number of nitrogens with one attached hydrogen (secondary N) is 1. The number of piperidine rings is 1. The molecule has 0 saturated carbocycles. The number of hydrazine groups is 1. The van der Waals surface area contributed by atoms with Crippen molar-refractivity contribution in [3.63, 3.8) is 0 Å². The van der Waals surface area contributed by atoms with Crippen LogP contribution in [0.1, 0.15) is 12.8 Å². The largest absolute Gasteiger partial charge is 0.391 e. The monoisotopic (exact) mass is 295 g/mol. The third-order valence-electron chi connectivity index (χ3n) is 3.11. The van der Waals surface area contributed by atoms with Gasteiger partial charge in [0.05, 0.1) is 12.1 Å². The Morgan fingerprint density at radius 3 is 2.53 bits per heavy atom. The summed E-state index contributed by atoms with van der Waals surface area (Å²) in [6.45, 7) is 0.510. The van der Waals surface area contributed by atoms with E-state index in [9.17, 15) is 13.2 Å². The number of hydrogen-bond acceptors (Lipinski definition) is 5. The van der Waals surface area contributed by atoms with Gasteiger partial charge in [0.25, 0.3) is 0 Å². The maximum absolute atomic E-state index is 12.6. The smallest absolute Gasteiger partial charge is 0.355 e. The molecule has 2 rings (SSSR count). The molecule has 0 aliphatic carbocycles. The van der Waals surface area contributed by atoms with Crippen LogP contribution in [0.4, 0.5) is 24.9 Å². The van der Waals surface area contributed by atoms with Gasteiger partial charge in [-0.15, -0.1) is 0 Å². The number of rotatable bonds is 2. The van der Waals surface area contributed by atoms with E-state index in [1.165, 1.54) is 6.20 Å². The minimum atomic E-state index is -4.13. The number of nitrogen functional groups attached to an aromatic ring is 1. The van der Waals surface area contributed by atoms with E-state index < -0.39 is 12.1 Å². The molecule has 9 heteroatoms. The topological polar surface area (TPSA) is 67.1 Å². The molecule has 1 aliphatic rings. The van der Waals surface area contributed by atoms with Crippen LogP contribution >= 0.6 is 11.6 Å². The van der Waals surface area contributed by atoms with Crippen molar-refractivity contribution in [3.8, 4) is 0 Å². The van der Waals surface area contributed by atoms with Gasteiger partial charge in [-0.1, -0.05) is 11.6 Å². The number of halogens is 4. The number of anilines is 2. The summed E-state index contributed by atoms with van der Waals surface area (Å²) in [7, 11) is 0. The summed E-state index contributed by atoms with van der Waals surface area (Å²) in [5.41, 5.74) is 2.28. The van der Waals surface area contributed by atoms with Crippen molar-refractivity contribution in [2.45, 2.75) is 19.0 Å². The van der Waals surface area contributed by atoms with Crippen LogP contribution in [0, 0.1) is 5.92 Å². The van der Waals surface area contributed by atoms with Gasteiger partial charge in [-0.05, 0) is 12.8 Å². The van der Waals surface area contributed by atoms with Gasteiger partial charge in [0.1, 0.15) is 5.02 Å². The Bertz CT molecular complexity index is 445. The third kappa shape index (κ3) is 3.19. The zero-order valence-electron chi connectivity index (χ0n) is 9.91. The first-order chi connectivity index (χ1) is 8.91. The predicted molar refractivity (Wildman–Crippen MR) is 65.8 cm³/mol. The molecule has 0 amide bonds. The minimum absolute atomic E-state index is 0.0369. The zero-order valence-corrected chi connectivity index (χ0v) is 10.7. The molecule has 0 radical (unpaired) electrons. The number of nitrogens with two attached hydrogens (primary N) is 1. The maximum atomic E-state index is 12.6. The number of hydrogen-bond donors (Lipinski definition) is 2. The first kappa shape index (κ1) is 14.1. The Morgan fingerprint density at radius 1 is 1.37 bits per heavy atom. The summed E-state index contributed by atoms with van der Waals surface area (Å²) in [6.07, 6.45) is -2.69. The van der Waals surface area contributed by atoms with E-state index >= 15 is 0 Å². The minimum Gasteiger partial charge on any atom is -0.355 e. The quantitative estimate of drug-likeness (QED) is 0.647. The molecular formula is C10H13ClF3N5. The molecule has 1 aromatic heterocycles. The van der Waals surface area contributed by atoms with Crippen molar-refractivity contribution in [3.05, 3.63) is 11.2 Å². The second kappa shape index (κ2) is 5.38. The Hall–Kier alpha value is -1.28. The Morgan fingerprint density at radius 2 is 2.00 bits per heavy atom. The highest BCUT2D eigenvalue weighted by Crippen LogP contribution is 2.36. The van der Waals surface area contributed by atoms with Gasteiger partial charge >= 0.3 is 6.18 Å². The second-order valence-electron chi connectivity index (χ2n) is 4.31. The van der Waals surface area contributed by atoms with Gasteiger partial charge in [-0.3, -0.25) is 5.43 Å². The summed E-state index contributed by atoms with van der Waals surface area (Å²) in [5, 5.41) is 0.296. The zero-order chi connectivity index (χ0) is 14.0. The Balaban J connectivity index is 2.09. The average Bonchev–Trinajstić information content (AvgIpc) is 2.38. The van der Waals surface area contributed by atoms with Crippen molar-refractivity contribution in [2.75, 3.05) is 23.4 Å². The first-order valence-corrected chi connectivity index (χ1v) is 6.10. The third-order valence-corrected chi connectivity index (χ3v) is 3.38. The van der Waals surface area contributed by atoms with Gasteiger partial charge < -0.3 is 4.90 Å². The fraction of sp³-hybridized carbons (Fsp3) is 0.600. The fourth-order valence-electron chi connectivity index (χ4n) is 2.07. The molecule has 0 spiro atoms. The molecule has 2 heterocycles. The lowest BCUT2D eigenvalue weighted by Gasteiger charge is -2.33. The molecule has 1 fully saturated rings. The van der Waals surface area contributed by atoms with Gasteiger partial charge in [0.2, 0.25) is 5.95 Å². The fourth-order valence-corrected chi connectivity index (χ4v) is 2.28. The average molecular weight is 296 g/mol. The first-order valence-electron chi connectivity index (χ1n) is 5.72. The van der Waals surface area contributed by atoms with E-state index in [2.05, 4.69) is 15.4 Å². The molecule has 0 bridgehead atoms. The number of nitrogens with zero attached hydrogens (tertiary/aromatic N) is 3. The van der Waals surface area contributed by atoms with Gasteiger partial charge in [-0.25, -0.2) is 10.8 Å². The molecule has 106 valence electrons. The van der Waals surface area contributed by atoms with Crippen LogP contribution in [0.25, 0.3) is 0 Å². The van der Waals surface area contributed by atoms with E-state index in [0.717, 1.165) is 0 Å². The molecule has 5 nitrogen and oxygen atoms in total. The normalized spacial score (nSPS) is 17.6. The van der Waals surface area contributed by atoms with E-state index in [0.29, 0.717) is 10.8 Å². The molecule has 19 heavy (non-hydrogen) atoms. The molecule has 1 aliphatic heterocycles. The highest BCUT2D eigenvalue weighted by atomic mass is 35.5. The van der Waals surface area contributed by atoms with Crippen molar-refractivity contribution in [1.82, 2.24) is 9.97 Å². The molecule has 3 N–H and O–H groups in total. The number of aromatic nitrogens is 2. The highest BCUT2D eigenvalue weighted by Gasteiger charge is 2.41. The van der Waals surface area contributed by atoms with Crippen LogP contribution in [-0.4, -0.2) is 29.2 Å². The van der Waals surface area contributed by atoms with Crippen molar-refractivity contribution >= 4 is 23.4 Å². The summed E-state index contributed by atoms with van der Waals surface area (Å²) in [4.78, 5) is 9.60. The number of alkyl halides is 3. The van der Waals surface area contributed by atoms with Crippen LogP contribution in [0.15, 0.2) is 6.20 Å². The lowest BCUT2D eigenvalue weighted by molar-refractivity contribution is -0.179. The van der Waals surface area contributed by atoms with Crippen molar-refractivity contribution < 1.29 is 13.2 Å². The summed E-state index contributed by atoms with van der Waals surface area (Å²) >= 11 is 5.96. The summed E-state index contributed by atoms with van der Waals surface area (Å²) in [5.74, 6) is 4.52. The molecule has 0 unspecified atom stereocenters. The summed E-state index contributed by atoms with van der Waals surface area (Å²) in [6, 6.07) is 0. The molecule has 1 aromatic rings. The Kier molecular flexibility index (Phi) is 4.00. The van der Waals surface area contributed by atoms with E-state index in [-0.39, 0.29) is 31.9 Å². The second-order valence-corrected chi connectivity index (χ2v) is 4.72. The van der Waals surface area contributed by atoms with E-state index in [4.69, 9.17) is 17.4 Å². The van der Waals surface area contributed by atoms with Gasteiger partial charge in [-0.2, -0.15) is 18.2 Å². The van der Waals surface area contributed by atoms with Gasteiger partial charge in [0.15, 0.2) is 5.82 Å². The van der Waals surface area contributed by atoms with E-state index in [1.54, 1.807) is 4.90 Å². The lowest BCUT2D eigenvalue weighted by Crippen LogP contribution is -2.39. The van der Waals surface area contributed by atoms with Crippen LogP contribution < -0.4 is 16.2 Å². The summed E-state index contributed by atoms with van der Waals surface area (Å²) < 4.78 is 37.7. The SMILES string of the molecule is NNc1ncc(Cl)c(N2CCC(C(F)(F)F)CC2)n1. The highest BCUT2D eigenvalue weighted by molar-refractivity contribution is 6.32. The van der Waals surface area contributed by atoms with Crippen LogP contribution in [0.2, 0.25) is 5.02 Å². The maximum Gasteiger partial charge on any atom is 0.391 e. The van der Waals surface area contributed by atoms with Crippen molar-refractivity contribution in [2.24, 2.45) is 11.8 Å². The van der Waals surface area contributed by atoms with E-state index in [1.807, 2.05) is 0 Å². The van der Waals surface area contributed by atoms with Crippen molar-refractivity contribution in [1.29, 1.82) is 0 Å². The molecule has 0 atom stereocenters. The van der Waals surface area contributed by atoms with Gasteiger partial charge in [0, 0.05) is 13.1 Å². The van der Waals surface area contributed by atoms with Crippen LogP contribution in [0.3, 0.4) is 0 Å². The Labute approximate surface area is 112 Å².